The largest absolute Gasteiger partial charge is 0.360 e. The zero-order chi connectivity index (χ0) is 21.1. The van der Waals surface area contributed by atoms with Crippen molar-refractivity contribution in [2.75, 3.05) is 7.05 Å². The van der Waals surface area contributed by atoms with Crippen molar-refractivity contribution in [3.8, 4) is 0 Å². The first kappa shape index (κ1) is 20.1. The van der Waals surface area contributed by atoms with E-state index in [-0.39, 0.29) is 17.9 Å². The van der Waals surface area contributed by atoms with Gasteiger partial charge in [0.15, 0.2) is 0 Å². The van der Waals surface area contributed by atoms with Gasteiger partial charge in [-0.3, -0.25) is 9.59 Å². The standard InChI is InChI=1S/C24H26FN3O2/c1-26-23(29)17-12-10-16(11-13-17)15-28(18-6-3-2-4-7-18)24(30)19-14-27-21-9-5-8-20(25)22(19)21/h5,8-14,18,27H,2-4,6-7,15H2,1H3,(H,26,29). The Kier molecular flexibility index (Phi) is 5.84. The Balaban J connectivity index is 1.65. The number of hydrogen-bond acceptors (Lipinski definition) is 2. The minimum Gasteiger partial charge on any atom is -0.360 e. The Hall–Kier alpha value is -3.15. The Labute approximate surface area is 175 Å². The number of amides is 2. The molecule has 0 saturated heterocycles. The second-order valence-electron chi connectivity index (χ2n) is 7.87. The van der Waals surface area contributed by atoms with Crippen LogP contribution in [0.15, 0.2) is 48.7 Å². The summed E-state index contributed by atoms with van der Waals surface area (Å²) in [5, 5.41) is 2.96. The molecule has 6 heteroatoms. The molecule has 0 radical (unpaired) electrons. The quantitative estimate of drug-likeness (QED) is 0.647. The van der Waals surface area contributed by atoms with Gasteiger partial charge in [0, 0.05) is 42.3 Å². The Morgan fingerprint density at radius 1 is 1.10 bits per heavy atom. The molecule has 0 bridgehead atoms. The lowest BCUT2D eigenvalue weighted by molar-refractivity contribution is 0.0616. The minimum absolute atomic E-state index is 0.126. The molecule has 2 aromatic carbocycles. The molecule has 0 unspecified atom stereocenters. The lowest BCUT2D eigenvalue weighted by atomic mass is 9.93. The highest BCUT2D eigenvalue weighted by Gasteiger charge is 2.28. The molecule has 1 fully saturated rings. The second kappa shape index (κ2) is 8.69. The van der Waals surface area contributed by atoms with Crippen LogP contribution in [-0.4, -0.2) is 34.8 Å². The van der Waals surface area contributed by atoms with Crippen LogP contribution in [-0.2, 0) is 6.54 Å². The molecule has 1 aliphatic rings. The maximum absolute atomic E-state index is 14.5. The number of nitrogens with one attached hydrogen (secondary N) is 2. The van der Waals surface area contributed by atoms with Crippen molar-refractivity contribution in [2.24, 2.45) is 0 Å². The highest BCUT2D eigenvalue weighted by atomic mass is 19.1. The Morgan fingerprint density at radius 2 is 1.83 bits per heavy atom. The van der Waals surface area contributed by atoms with Gasteiger partial charge in [-0.2, -0.15) is 0 Å². The number of H-pyrrole nitrogens is 1. The van der Waals surface area contributed by atoms with Gasteiger partial charge >= 0.3 is 0 Å². The summed E-state index contributed by atoms with van der Waals surface area (Å²) in [6.45, 7) is 0.429. The van der Waals surface area contributed by atoms with E-state index in [4.69, 9.17) is 0 Å². The number of hydrogen-bond donors (Lipinski definition) is 2. The number of aromatic amines is 1. The van der Waals surface area contributed by atoms with Crippen LogP contribution >= 0.6 is 0 Å². The smallest absolute Gasteiger partial charge is 0.256 e. The average Bonchev–Trinajstić information content (AvgIpc) is 3.23. The Morgan fingerprint density at radius 3 is 2.53 bits per heavy atom. The van der Waals surface area contributed by atoms with E-state index in [1.54, 1.807) is 37.5 Å². The van der Waals surface area contributed by atoms with E-state index in [1.807, 2.05) is 17.0 Å². The highest BCUT2D eigenvalue weighted by molar-refractivity contribution is 6.07. The normalized spacial score (nSPS) is 14.6. The number of fused-ring (bicyclic) bond motifs is 1. The number of aromatic nitrogens is 1. The fraction of sp³-hybridized carbons (Fsp3) is 0.333. The van der Waals surface area contributed by atoms with E-state index in [0.29, 0.717) is 28.6 Å². The molecule has 2 N–H and O–H groups in total. The maximum atomic E-state index is 14.5. The molecule has 0 atom stereocenters. The fourth-order valence-corrected chi connectivity index (χ4v) is 4.33. The molecule has 0 aliphatic heterocycles. The van der Waals surface area contributed by atoms with Crippen molar-refractivity contribution in [3.63, 3.8) is 0 Å². The number of nitrogens with zero attached hydrogens (tertiary/aromatic N) is 1. The van der Waals surface area contributed by atoms with Gasteiger partial charge in [0.1, 0.15) is 5.82 Å². The lowest BCUT2D eigenvalue weighted by Crippen LogP contribution is -2.41. The second-order valence-corrected chi connectivity index (χ2v) is 7.87. The van der Waals surface area contributed by atoms with E-state index < -0.39 is 5.82 Å². The topological polar surface area (TPSA) is 65.2 Å². The molecule has 4 rings (SSSR count). The number of carbonyl (C=O) groups excluding carboxylic acids is 2. The first-order valence-corrected chi connectivity index (χ1v) is 10.5. The van der Waals surface area contributed by atoms with Crippen LogP contribution in [0.1, 0.15) is 58.4 Å². The molecular formula is C24H26FN3O2. The van der Waals surface area contributed by atoms with Gasteiger partial charge in [-0.15, -0.1) is 0 Å². The van der Waals surface area contributed by atoms with Crippen molar-refractivity contribution in [2.45, 2.75) is 44.7 Å². The average molecular weight is 407 g/mol. The minimum atomic E-state index is -0.393. The van der Waals surface area contributed by atoms with Gasteiger partial charge in [0.05, 0.1) is 5.56 Å². The summed E-state index contributed by atoms with van der Waals surface area (Å²) < 4.78 is 14.5. The van der Waals surface area contributed by atoms with Crippen LogP contribution < -0.4 is 5.32 Å². The predicted molar refractivity (Wildman–Crippen MR) is 115 cm³/mol. The molecule has 1 saturated carbocycles. The molecule has 156 valence electrons. The molecule has 1 aliphatic carbocycles. The maximum Gasteiger partial charge on any atom is 0.256 e. The van der Waals surface area contributed by atoms with Crippen molar-refractivity contribution in [1.82, 2.24) is 15.2 Å². The van der Waals surface area contributed by atoms with Crippen molar-refractivity contribution >= 4 is 22.7 Å². The van der Waals surface area contributed by atoms with Crippen LogP contribution in [0.5, 0.6) is 0 Å². The molecule has 3 aromatic rings. The fourth-order valence-electron chi connectivity index (χ4n) is 4.33. The van der Waals surface area contributed by atoms with Crippen molar-refractivity contribution < 1.29 is 14.0 Å². The van der Waals surface area contributed by atoms with Crippen LogP contribution in [0.3, 0.4) is 0 Å². The monoisotopic (exact) mass is 407 g/mol. The van der Waals surface area contributed by atoms with E-state index >= 15 is 0 Å². The van der Waals surface area contributed by atoms with E-state index in [9.17, 15) is 14.0 Å². The van der Waals surface area contributed by atoms with E-state index in [0.717, 1.165) is 31.2 Å². The number of benzene rings is 2. The summed E-state index contributed by atoms with van der Waals surface area (Å²) in [7, 11) is 1.60. The van der Waals surface area contributed by atoms with Crippen LogP contribution in [0, 0.1) is 5.82 Å². The SMILES string of the molecule is CNC(=O)c1ccc(CN(C(=O)c2c[nH]c3cccc(F)c23)C2CCCCC2)cc1. The van der Waals surface area contributed by atoms with Crippen LogP contribution in [0.25, 0.3) is 10.9 Å². The first-order chi connectivity index (χ1) is 14.6. The third-order valence-corrected chi connectivity index (χ3v) is 5.96. The summed E-state index contributed by atoms with van der Waals surface area (Å²) in [6.07, 6.45) is 6.88. The predicted octanol–water partition coefficient (Wildman–Crippen LogP) is 4.64. The summed E-state index contributed by atoms with van der Waals surface area (Å²) in [5.74, 6) is -0.694. The first-order valence-electron chi connectivity index (χ1n) is 10.5. The van der Waals surface area contributed by atoms with Gasteiger partial charge in [-0.1, -0.05) is 37.5 Å². The number of carbonyl (C=O) groups is 2. The third kappa shape index (κ3) is 3.95. The van der Waals surface area contributed by atoms with Gasteiger partial charge in [-0.25, -0.2) is 4.39 Å². The van der Waals surface area contributed by atoms with E-state index in [2.05, 4.69) is 10.3 Å². The van der Waals surface area contributed by atoms with Gasteiger partial charge in [-0.05, 0) is 42.7 Å². The van der Waals surface area contributed by atoms with Crippen LogP contribution in [0.4, 0.5) is 4.39 Å². The third-order valence-electron chi connectivity index (χ3n) is 5.96. The summed E-state index contributed by atoms with van der Waals surface area (Å²) in [4.78, 5) is 30.3. The molecule has 1 heterocycles. The lowest BCUT2D eigenvalue weighted by Gasteiger charge is -2.34. The summed E-state index contributed by atoms with van der Waals surface area (Å²) in [6, 6.07) is 12.2. The van der Waals surface area contributed by atoms with Crippen LogP contribution in [0.2, 0.25) is 0 Å². The number of halogens is 1. The van der Waals surface area contributed by atoms with Crippen molar-refractivity contribution in [1.29, 1.82) is 0 Å². The van der Waals surface area contributed by atoms with E-state index in [1.165, 1.54) is 12.5 Å². The summed E-state index contributed by atoms with van der Waals surface area (Å²) in [5.41, 5.74) is 2.52. The molecule has 5 nitrogen and oxygen atoms in total. The molecule has 2 amide bonds. The zero-order valence-electron chi connectivity index (χ0n) is 17.1. The molecule has 0 spiro atoms. The van der Waals surface area contributed by atoms with Gasteiger partial charge in [0.2, 0.25) is 0 Å². The van der Waals surface area contributed by atoms with Crippen molar-refractivity contribution in [3.05, 3.63) is 71.2 Å². The molecular weight excluding hydrogens is 381 g/mol. The molecule has 1 aromatic heterocycles. The zero-order valence-corrected chi connectivity index (χ0v) is 17.1. The van der Waals surface area contributed by atoms with Gasteiger partial charge in [0.25, 0.3) is 11.8 Å². The Bertz CT molecular complexity index is 1050. The highest BCUT2D eigenvalue weighted by Crippen LogP contribution is 2.29. The molecule has 30 heavy (non-hydrogen) atoms. The number of rotatable bonds is 5. The summed E-state index contributed by atoms with van der Waals surface area (Å²) >= 11 is 0. The van der Waals surface area contributed by atoms with Gasteiger partial charge < -0.3 is 15.2 Å².